The van der Waals surface area contributed by atoms with Crippen LogP contribution >= 0.6 is 0 Å². The van der Waals surface area contributed by atoms with Gasteiger partial charge in [-0.1, -0.05) is 117 Å². The first-order chi connectivity index (χ1) is 24.6. The molecule has 8 aromatic rings. The van der Waals surface area contributed by atoms with Crippen molar-refractivity contribution in [1.82, 2.24) is 4.98 Å². The largest absolute Gasteiger partial charge is 0.434 e. The summed E-state index contributed by atoms with van der Waals surface area (Å²) in [6, 6.07) is 61.7. The minimum absolute atomic E-state index is 0.131. The summed E-state index contributed by atoms with van der Waals surface area (Å²) < 4.78 is 6.71. The quantitative estimate of drug-likeness (QED) is 0.173. The van der Waals surface area contributed by atoms with Crippen molar-refractivity contribution in [3.8, 4) is 22.6 Å². The van der Waals surface area contributed by atoms with E-state index in [9.17, 15) is 0 Å². The number of aromatic nitrogens is 1. The molecule has 9 rings (SSSR count). The zero-order valence-corrected chi connectivity index (χ0v) is 28.0. The number of rotatable bonds is 7. The highest BCUT2D eigenvalue weighted by atomic mass is 16.3. The highest BCUT2D eigenvalue weighted by Crippen LogP contribution is 2.51. The fourth-order valence-electron chi connectivity index (χ4n) is 7.44. The zero-order chi connectivity index (χ0) is 33.7. The lowest BCUT2D eigenvalue weighted by Gasteiger charge is -2.30. The van der Waals surface area contributed by atoms with Crippen LogP contribution in [0.15, 0.2) is 180 Å². The van der Waals surface area contributed by atoms with Crippen molar-refractivity contribution in [2.45, 2.75) is 19.3 Å². The third kappa shape index (κ3) is 4.96. The van der Waals surface area contributed by atoms with Crippen molar-refractivity contribution in [2.24, 2.45) is 0 Å². The molecule has 240 valence electrons. The molecule has 0 saturated carbocycles. The maximum atomic E-state index is 6.71. The fourth-order valence-corrected chi connectivity index (χ4v) is 7.44. The molecule has 0 bridgehead atoms. The van der Waals surface area contributed by atoms with Crippen LogP contribution in [0.3, 0.4) is 0 Å². The molecule has 0 amide bonds. The van der Waals surface area contributed by atoms with Gasteiger partial charge in [0, 0.05) is 33.7 Å². The molecule has 1 aliphatic carbocycles. The van der Waals surface area contributed by atoms with Crippen LogP contribution in [0, 0.1) is 0 Å². The van der Waals surface area contributed by atoms with Gasteiger partial charge in [-0.25, -0.2) is 4.98 Å². The van der Waals surface area contributed by atoms with E-state index >= 15 is 0 Å². The molecule has 0 spiro atoms. The number of nitrogens with zero attached hydrogens (tertiary/aromatic N) is 3. The molecule has 50 heavy (non-hydrogen) atoms. The summed E-state index contributed by atoms with van der Waals surface area (Å²) in [7, 11) is 0. The molecule has 0 N–H and O–H groups in total. The van der Waals surface area contributed by atoms with Gasteiger partial charge in [0.15, 0.2) is 5.58 Å². The molecular weight excluding hydrogens is 611 g/mol. The smallest absolute Gasteiger partial charge is 0.227 e. The second-order valence-electron chi connectivity index (χ2n) is 13.3. The lowest BCUT2D eigenvalue weighted by molar-refractivity contribution is 0.620. The monoisotopic (exact) mass is 645 g/mol. The second-order valence-corrected chi connectivity index (χ2v) is 13.3. The Kier molecular flexibility index (Phi) is 7.10. The summed E-state index contributed by atoms with van der Waals surface area (Å²) in [6.45, 7) is 4.66. The Bertz CT molecular complexity index is 2410. The Labute approximate surface area is 292 Å². The number of para-hydroxylation sites is 3. The minimum Gasteiger partial charge on any atom is -0.434 e. The van der Waals surface area contributed by atoms with Crippen molar-refractivity contribution in [3.63, 3.8) is 0 Å². The zero-order valence-electron chi connectivity index (χ0n) is 28.0. The van der Waals surface area contributed by atoms with Gasteiger partial charge in [0.25, 0.3) is 0 Å². The second kappa shape index (κ2) is 11.9. The maximum Gasteiger partial charge on any atom is 0.227 e. The Morgan fingerprint density at radius 1 is 0.460 bits per heavy atom. The van der Waals surface area contributed by atoms with Crippen LogP contribution in [0.1, 0.15) is 25.0 Å². The number of fused-ring (bicyclic) bond motifs is 4. The van der Waals surface area contributed by atoms with Gasteiger partial charge in [-0.3, -0.25) is 0 Å². The lowest BCUT2D eigenvalue weighted by atomic mass is 9.82. The first-order valence-electron chi connectivity index (χ1n) is 17.1. The van der Waals surface area contributed by atoms with E-state index in [2.05, 4.69) is 157 Å². The Morgan fingerprint density at radius 3 is 1.64 bits per heavy atom. The molecule has 0 radical (unpaired) electrons. The van der Waals surface area contributed by atoms with Crippen molar-refractivity contribution < 1.29 is 4.42 Å². The van der Waals surface area contributed by atoms with Gasteiger partial charge in [-0.2, -0.15) is 0 Å². The highest BCUT2D eigenvalue weighted by Gasteiger charge is 2.36. The van der Waals surface area contributed by atoms with Crippen LogP contribution in [-0.4, -0.2) is 4.98 Å². The maximum absolute atomic E-state index is 6.71. The molecule has 0 fully saturated rings. The lowest BCUT2D eigenvalue weighted by Crippen LogP contribution is -2.17. The molecule has 7 aromatic carbocycles. The summed E-state index contributed by atoms with van der Waals surface area (Å²) in [5, 5.41) is 0. The van der Waals surface area contributed by atoms with Crippen LogP contribution in [0.5, 0.6) is 0 Å². The van der Waals surface area contributed by atoms with Gasteiger partial charge in [-0.15, -0.1) is 0 Å². The van der Waals surface area contributed by atoms with E-state index in [4.69, 9.17) is 9.40 Å². The number of benzene rings is 7. The number of oxazole rings is 1. The molecule has 4 heteroatoms. The SMILES string of the molecule is CC1(C)c2ccccc2-c2ccc(N(c3ccccc3)c3cc(N(c4ccccc4)c4ccccc4)c4oc(-c5ccccc5)nc4c3)cc21. The third-order valence-corrected chi connectivity index (χ3v) is 9.84. The van der Waals surface area contributed by atoms with Crippen molar-refractivity contribution in [3.05, 3.63) is 187 Å². The molecule has 0 aliphatic heterocycles. The summed E-state index contributed by atoms with van der Waals surface area (Å²) in [6.07, 6.45) is 0. The molecular formula is C46H35N3O. The predicted octanol–water partition coefficient (Wildman–Crippen LogP) is 12.7. The van der Waals surface area contributed by atoms with Gasteiger partial charge in [0.2, 0.25) is 5.89 Å². The van der Waals surface area contributed by atoms with Crippen molar-refractivity contribution in [2.75, 3.05) is 9.80 Å². The summed E-state index contributed by atoms with van der Waals surface area (Å²) in [5.74, 6) is 0.586. The van der Waals surface area contributed by atoms with Crippen molar-refractivity contribution >= 4 is 45.2 Å². The van der Waals surface area contributed by atoms with Gasteiger partial charge >= 0.3 is 0 Å². The third-order valence-electron chi connectivity index (χ3n) is 9.84. The van der Waals surface area contributed by atoms with Crippen LogP contribution in [0.25, 0.3) is 33.7 Å². The molecule has 1 aliphatic rings. The average molecular weight is 646 g/mol. The normalized spacial score (nSPS) is 12.8. The number of hydrogen-bond donors (Lipinski definition) is 0. The summed E-state index contributed by atoms with van der Waals surface area (Å²) in [4.78, 5) is 9.73. The van der Waals surface area contributed by atoms with Crippen LogP contribution in [0.4, 0.5) is 34.1 Å². The van der Waals surface area contributed by atoms with E-state index in [0.717, 1.165) is 50.8 Å². The topological polar surface area (TPSA) is 32.5 Å². The van der Waals surface area contributed by atoms with E-state index in [1.807, 2.05) is 42.5 Å². The Hall–Kier alpha value is -6.39. The van der Waals surface area contributed by atoms with E-state index in [0.29, 0.717) is 5.89 Å². The van der Waals surface area contributed by atoms with Gasteiger partial charge < -0.3 is 14.2 Å². The van der Waals surface area contributed by atoms with E-state index in [1.165, 1.54) is 22.3 Å². The summed E-state index contributed by atoms with van der Waals surface area (Å²) in [5.41, 5.74) is 13.7. The van der Waals surface area contributed by atoms with E-state index in [-0.39, 0.29) is 5.41 Å². The van der Waals surface area contributed by atoms with Crippen LogP contribution < -0.4 is 9.80 Å². The van der Waals surface area contributed by atoms with E-state index in [1.54, 1.807) is 0 Å². The van der Waals surface area contributed by atoms with Crippen LogP contribution in [0.2, 0.25) is 0 Å². The first kappa shape index (κ1) is 29.7. The Morgan fingerprint density at radius 2 is 1.00 bits per heavy atom. The number of hydrogen-bond acceptors (Lipinski definition) is 4. The standard InChI is InChI=1S/C46H35N3O/c1-46(2)40-26-16-15-25-38(40)39-28-27-36(29-41(39)46)48(33-19-9-4-10-20-33)37-30-42-44(50-45(47-42)32-17-7-3-8-18-32)43(31-37)49(34-21-11-5-12-22-34)35-23-13-6-14-24-35/h3-31H,1-2H3. The predicted molar refractivity (Wildman–Crippen MR) is 206 cm³/mol. The number of anilines is 6. The van der Waals surface area contributed by atoms with Gasteiger partial charge in [-0.05, 0) is 95.1 Å². The minimum atomic E-state index is -0.131. The highest BCUT2D eigenvalue weighted by molar-refractivity contribution is 5.99. The van der Waals surface area contributed by atoms with Gasteiger partial charge in [0.05, 0.1) is 11.4 Å². The molecule has 0 unspecified atom stereocenters. The summed E-state index contributed by atoms with van der Waals surface area (Å²) >= 11 is 0. The average Bonchev–Trinajstić information content (AvgIpc) is 3.70. The van der Waals surface area contributed by atoms with Crippen LogP contribution in [-0.2, 0) is 5.41 Å². The first-order valence-corrected chi connectivity index (χ1v) is 17.1. The molecule has 1 heterocycles. The van der Waals surface area contributed by atoms with E-state index < -0.39 is 0 Å². The van der Waals surface area contributed by atoms with Crippen molar-refractivity contribution in [1.29, 1.82) is 0 Å². The molecule has 0 saturated heterocycles. The molecule has 1 aromatic heterocycles. The van der Waals surface area contributed by atoms with Gasteiger partial charge in [0.1, 0.15) is 5.52 Å². The Balaban J connectivity index is 1.31. The molecule has 0 atom stereocenters. The fraction of sp³-hybridized carbons (Fsp3) is 0.0652. The molecule has 4 nitrogen and oxygen atoms in total.